The van der Waals surface area contributed by atoms with E-state index in [-0.39, 0.29) is 5.82 Å². The van der Waals surface area contributed by atoms with Crippen molar-refractivity contribution >= 4 is 0 Å². The van der Waals surface area contributed by atoms with Gasteiger partial charge in [0.05, 0.1) is 0 Å². The van der Waals surface area contributed by atoms with Gasteiger partial charge in [-0.05, 0) is 55.3 Å². The van der Waals surface area contributed by atoms with Crippen LogP contribution in [0.25, 0.3) is 0 Å². The van der Waals surface area contributed by atoms with Crippen LogP contribution in [0.2, 0.25) is 0 Å². The van der Waals surface area contributed by atoms with E-state index < -0.39 is 0 Å². The van der Waals surface area contributed by atoms with Gasteiger partial charge in [-0.2, -0.15) is 0 Å². The summed E-state index contributed by atoms with van der Waals surface area (Å²) in [5.41, 5.74) is 2.37. The predicted octanol–water partition coefficient (Wildman–Crippen LogP) is 3.11. The van der Waals surface area contributed by atoms with Crippen LogP contribution in [-0.4, -0.2) is 11.5 Å². The van der Waals surface area contributed by atoms with Crippen LogP contribution < -0.4 is 5.32 Å². The van der Waals surface area contributed by atoms with Crippen LogP contribution in [0.5, 0.6) is 0 Å². The molecule has 1 aromatic heterocycles. The maximum Gasteiger partial charge on any atom is 0.123 e. The van der Waals surface area contributed by atoms with Gasteiger partial charge in [-0.3, -0.25) is 4.98 Å². The fraction of sp³-hybridized carbons (Fsp3) is 0.267. The van der Waals surface area contributed by atoms with E-state index in [1.807, 2.05) is 24.3 Å². The summed E-state index contributed by atoms with van der Waals surface area (Å²) >= 11 is 0. The Kier molecular flexibility index (Phi) is 4.42. The quantitative estimate of drug-likeness (QED) is 0.874. The maximum absolute atomic E-state index is 12.7. The molecule has 0 saturated carbocycles. The summed E-state index contributed by atoms with van der Waals surface area (Å²) in [5.74, 6) is -0.183. The Hall–Kier alpha value is -1.74. The minimum atomic E-state index is -0.183. The molecule has 0 aliphatic carbocycles. The lowest BCUT2D eigenvalue weighted by molar-refractivity contribution is 0.575. The molecule has 0 fully saturated rings. The van der Waals surface area contributed by atoms with Crippen LogP contribution in [0.4, 0.5) is 4.39 Å². The van der Waals surface area contributed by atoms with Crippen molar-refractivity contribution < 1.29 is 4.39 Å². The zero-order valence-corrected chi connectivity index (χ0v) is 10.4. The largest absolute Gasteiger partial charge is 0.310 e. The van der Waals surface area contributed by atoms with Crippen molar-refractivity contribution in [1.29, 1.82) is 0 Å². The number of halogens is 1. The number of rotatable bonds is 5. The highest BCUT2D eigenvalue weighted by Crippen LogP contribution is 2.10. The number of aromatic nitrogens is 1. The molecule has 0 spiro atoms. The maximum atomic E-state index is 12.7. The summed E-state index contributed by atoms with van der Waals surface area (Å²) in [6.45, 7) is 3.00. The second kappa shape index (κ2) is 6.26. The summed E-state index contributed by atoms with van der Waals surface area (Å²) in [5, 5.41) is 3.44. The molecule has 2 aromatic rings. The number of pyridine rings is 1. The molecule has 0 radical (unpaired) electrons. The lowest BCUT2D eigenvalue weighted by Crippen LogP contribution is -2.21. The minimum absolute atomic E-state index is 0.183. The van der Waals surface area contributed by atoms with Crippen LogP contribution in [0, 0.1) is 5.82 Å². The van der Waals surface area contributed by atoms with Crippen molar-refractivity contribution in [2.45, 2.75) is 19.4 Å². The average Bonchev–Trinajstić information content (AvgIpc) is 2.42. The Balaban J connectivity index is 1.80. The second-order valence-electron chi connectivity index (χ2n) is 4.33. The first kappa shape index (κ1) is 12.7. The van der Waals surface area contributed by atoms with Gasteiger partial charge in [0.25, 0.3) is 0 Å². The molecular weight excluding hydrogens is 227 g/mol. The molecule has 1 aromatic carbocycles. The fourth-order valence-corrected chi connectivity index (χ4v) is 1.85. The van der Waals surface area contributed by atoms with Crippen LogP contribution in [0.15, 0.2) is 48.8 Å². The highest BCUT2D eigenvalue weighted by Gasteiger charge is 2.03. The van der Waals surface area contributed by atoms with Gasteiger partial charge in [-0.1, -0.05) is 12.1 Å². The Morgan fingerprint density at radius 3 is 2.44 bits per heavy atom. The molecule has 1 atom stereocenters. The van der Waals surface area contributed by atoms with E-state index in [1.165, 1.54) is 17.7 Å². The molecule has 2 nitrogen and oxygen atoms in total. The molecule has 1 unspecified atom stereocenters. The van der Waals surface area contributed by atoms with Gasteiger partial charge in [0.15, 0.2) is 0 Å². The minimum Gasteiger partial charge on any atom is -0.310 e. The Morgan fingerprint density at radius 2 is 1.78 bits per heavy atom. The topological polar surface area (TPSA) is 24.9 Å². The third-order valence-electron chi connectivity index (χ3n) is 2.98. The average molecular weight is 244 g/mol. The van der Waals surface area contributed by atoms with Crippen molar-refractivity contribution in [2.24, 2.45) is 0 Å². The number of benzene rings is 1. The molecule has 0 bridgehead atoms. The number of hydrogen-bond acceptors (Lipinski definition) is 2. The van der Waals surface area contributed by atoms with Crippen LogP contribution in [0.1, 0.15) is 24.1 Å². The van der Waals surface area contributed by atoms with Crippen molar-refractivity contribution in [3.63, 3.8) is 0 Å². The van der Waals surface area contributed by atoms with E-state index in [0.29, 0.717) is 6.04 Å². The normalized spacial score (nSPS) is 12.3. The lowest BCUT2D eigenvalue weighted by Gasteiger charge is -2.13. The van der Waals surface area contributed by atoms with Crippen LogP contribution >= 0.6 is 0 Å². The molecule has 18 heavy (non-hydrogen) atoms. The molecule has 0 saturated heterocycles. The van der Waals surface area contributed by atoms with E-state index in [2.05, 4.69) is 17.2 Å². The summed E-state index contributed by atoms with van der Waals surface area (Å²) in [4.78, 5) is 4.00. The van der Waals surface area contributed by atoms with E-state index in [1.54, 1.807) is 12.4 Å². The first-order chi connectivity index (χ1) is 8.75. The molecule has 1 N–H and O–H groups in total. The van der Waals surface area contributed by atoms with Gasteiger partial charge < -0.3 is 5.32 Å². The molecular formula is C15H17FN2. The first-order valence-corrected chi connectivity index (χ1v) is 6.13. The zero-order valence-electron chi connectivity index (χ0n) is 10.4. The monoisotopic (exact) mass is 244 g/mol. The second-order valence-corrected chi connectivity index (χ2v) is 4.33. The summed E-state index contributed by atoms with van der Waals surface area (Å²) in [7, 11) is 0. The van der Waals surface area contributed by atoms with Gasteiger partial charge in [0, 0.05) is 18.4 Å². The SMILES string of the molecule is CC(NCCc1ccc(F)cc1)c1ccncc1. The fourth-order valence-electron chi connectivity index (χ4n) is 1.85. The zero-order chi connectivity index (χ0) is 12.8. The third kappa shape index (κ3) is 3.64. The summed E-state index contributed by atoms with van der Waals surface area (Å²) in [6.07, 6.45) is 4.50. The van der Waals surface area contributed by atoms with Crippen molar-refractivity contribution in [1.82, 2.24) is 10.3 Å². The van der Waals surface area contributed by atoms with Crippen LogP contribution in [0.3, 0.4) is 0 Å². The molecule has 0 aliphatic heterocycles. The Morgan fingerprint density at radius 1 is 1.11 bits per heavy atom. The van der Waals surface area contributed by atoms with Crippen molar-refractivity contribution in [2.75, 3.05) is 6.54 Å². The van der Waals surface area contributed by atoms with Gasteiger partial charge >= 0.3 is 0 Å². The molecule has 1 heterocycles. The van der Waals surface area contributed by atoms with Gasteiger partial charge in [0.2, 0.25) is 0 Å². The smallest absolute Gasteiger partial charge is 0.123 e. The number of nitrogens with one attached hydrogen (secondary N) is 1. The highest BCUT2D eigenvalue weighted by molar-refractivity contribution is 5.17. The highest BCUT2D eigenvalue weighted by atomic mass is 19.1. The molecule has 94 valence electrons. The van der Waals surface area contributed by atoms with Crippen molar-refractivity contribution in [3.05, 3.63) is 65.7 Å². The van der Waals surface area contributed by atoms with Gasteiger partial charge in [-0.25, -0.2) is 4.39 Å². The van der Waals surface area contributed by atoms with Crippen molar-refractivity contribution in [3.8, 4) is 0 Å². The molecule has 3 heteroatoms. The van der Waals surface area contributed by atoms with E-state index in [0.717, 1.165) is 18.5 Å². The third-order valence-corrected chi connectivity index (χ3v) is 2.98. The summed E-state index contributed by atoms with van der Waals surface area (Å²) in [6, 6.07) is 11.0. The standard InChI is InChI=1S/C15H17FN2/c1-12(14-7-9-17-10-8-14)18-11-6-13-2-4-15(16)5-3-13/h2-5,7-10,12,18H,6,11H2,1H3. The Labute approximate surface area is 107 Å². The van der Waals surface area contributed by atoms with E-state index in [9.17, 15) is 4.39 Å². The van der Waals surface area contributed by atoms with Crippen LogP contribution in [-0.2, 0) is 6.42 Å². The molecule has 0 amide bonds. The number of nitrogens with zero attached hydrogens (tertiary/aromatic N) is 1. The Bertz CT molecular complexity index is 468. The van der Waals surface area contributed by atoms with Gasteiger partial charge in [-0.15, -0.1) is 0 Å². The lowest BCUT2D eigenvalue weighted by atomic mass is 10.1. The van der Waals surface area contributed by atoms with Gasteiger partial charge in [0.1, 0.15) is 5.82 Å². The summed E-state index contributed by atoms with van der Waals surface area (Å²) < 4.78 is 12.7. The predicted molar refractivity (Wildman–Crippen MR) is 70.8 cm³/mol. The number of hydrogen-bond donors (Lipinski definition) is 1. The molecule has 2 rings (SSSR count). The van der Waals surface area contributed by atoms with E-state index in [4.69, 9.17) is 0 Å². The first-order valence-electron chi connectivity index (χ1n) is 6.13. The molecule has 0 aliphatic rings. The van der Waals surface area contributed by atoms with E-state index >= 15 is 0 Å².